The Morgan fingerprint density at radius 1 is 0.818 bits per heavy atom. The molecule has 4 aromatic carbocycles. The molecule has 0 saturated heterocycles. The van der Waals surface area contributed by atoms with Gasteiger partial charge in [0.15, 0.2) is 0 Å². The molecule has 4 aromatic rings. The van der Waals surface area contributed by atoms with Crippen LogP contribution in [0.15, 0.2) is 54.6 Å². The van der Waals surface area contributed by atoms with E-state index in [1.165, 1.54) is 5.56 Å². The van der Waals surface area contributed by atoms with Crippen molar-refractivity contribution in [2.45, 2.75) is 13.5 Å². The minimum absolute atomic E-state index is 0.00160. The van der Waals surface area contributed by atoms with Crippen LogP contribution in [0.4, 0.5) is 0 Å². The van der Waals surface area contributed by atoms with E-state index in [0.29, 0.717) is 0 Å². The summed E-state index contributed by atoms with van der Waals surface area (Å²) >= 11 is 0. The van der Waals surface area contributed by atoms with Crippen LogP contribution >= 0.6 is 0 Å². The summed E-state index contributed by atoms with van der Waals surface area (Å²) in [4.78, 5) is 0. The summed E-state index contributed by atoms with van der Waals surface area (Å²) in [5, 5.41) is 26.3. The van der Waals surface area contributed by atoms with Crippen LogP contribution in [0.5, 0.6) is 5.75 Å². The van der Waals surface area contributed by atoms with Gasteiger partial charge in [0.25, 0.3) is 0 Å². The van der Waals surface area contributed by atoms with E-state index in [4.69, 9.17) is 0 Å². The molecule has 0 amide bonds. The van der Waals surface area contributed by atoms with E-state index in [9.17, 15) is 10.2 Å². The molecule has 0 aromatic heterocycles. The molecule has 0 saturated carbocycles. The lowest BCUT2D eigenvalue weighted by atomic mass is 9.89. The van der Waals surface area contributed by atoms with Crippen molar-refractivity contribution in [2.75, 3.05) is 0 Å². The molecular formula is C20H16O2. The van der Waals surface area contributed by atoms with E-state index in [0.717, 1.165) is 37.9 Å². The third-order valence-electron chi connectivity index (χ3n) is 4.52. The highest BCUT2D eigenvalue weighted by Gasteiger charge is 2.13. The van der Waals surface area contributed by atoms with Gasteiger partial charge in [-0.25, -0.2) is 0 Å². The van der Waals surface area contributed by atoms with Crippen LogP contribution in [0.1, 0.15) is 11.1 Å². The zero-order chi connectivity index (χ0) is 15.3. The van der Waals surface area contributed by atoms with Gasteiger partial charge in [0.2, 0.25) is 0 Å². The summed E-state index contributed by atoms with van der Waals surface area (Å²) in [6.45, 7) is 2.11. The first-order valence-electron chi connectivity index (χ1n) is 7.37. The predicted octanol–water partition coefficient (Wildman–Crippen LogP) is 4.65. The zero-order valence-electron chi connectivity index (χ0n) is 12.3. The Balaban J connectivity index is 2.35. The molecule has 108 valence electrons. The van der Waals surface area contributed by atoms with Gasteiger partial charge in [-0.3, -0.25) is 0 Å². The molecule has 0 atom stereocenters. The number of aliphatic hydroxyl groups is 1. The Kier molecular flexibility index (Phi) is 2.81. The highest BCUT2D eigenvalue weighted by atomic mass is 16.3. The quantitative estimate of drug-likeness (QED) is 0.395. The second-order valence-corrected chi connectivity index (χ2v) is 5.70. The minimum atomic E-state index is 0.00160. The Morgan fingerprint density at radius 2 is 1.55 bits per heavy atom. The number of aryl methyl sites for hydroxylation is 1. The number of aliphatic hydroxyl groups excluding tert-OH is 1. The van der Waals surface area contributed by atoms with Gasteiger partial charge in [-0.15, -0.1) is 0 Å². The van der Waals surface area contributed by atoms with Gasteiger partial charge < -0.3 is 10.2 Å². The van der Waals surface area contributed by atoms with E-state index in [2.05, 4.69) is 25.1 Å². The molecule has 2 heteroatoms. The first-order valence-corrected chi connectivity index (χ1v) is 7.37. The van der Waals surface area contributed by atoms with E-state index in [1.807, 2.05) is 24.3 Å². The topological polar surface area (TPSA) is 40.5 Å². The lowest BCUT2D eigenvalue weighted by molar-refractivity contribution is 0.285. The van der Waals surface area contributed by atoms with Crippen LogP contribution in [-0.4, -0.2) is 10.2 Å². The molecule has 0 unspecified atom stereocenters. The second-order valence-electron chi connectivity index (χ2n) is 5.70. The summed E-state index contributed by atoms with van der Waals surface area (Å²) in [6.07, 6.45) is 0. The summed E-state index contributed by atoms with van der Waals surface area (Å²) < 4.78 is 0. The van der Waals surface area contributed by atoms with Crippen molar-refractivity contribution in [3.05, 3.63) is 65.7 Å². The number of hydrogen-bond donors (Lipinski definition) is 2. The molecule has 2 N–H and O–H groups in total. The molecule has 4 rings (SSSR count). The Morgan fingerprint density at radius 3 is 2.32 bits per heavy atom. The molecule has 22 heavy (non-hydrogen) atoms. The van der Waals surface area contributed by atoms with Crippen molar-refractivity contribution < 1.29 is 10.2 Å². The van der Waals surface area contributed by atoms with Crippen LogP contribution in [0.25, 0.3) is 32.3 Å². The maximum atomic E-state index is 9.90. The summed E-state index contributed by atoms with van der Waals surface area (Å²) in [7, 11) is 0. The molecule has 0 spiro atoms. The maximum Gasteiger partial charge on any atom is 0.116 e. The summed E-state index contributed by atoms with van der Waals surface area (Å²) in [5.41, 5.74) is 2.13. The Hall–Kier alpha value is -2.58. The van der Waals surface area contributed by atoms with E-state index < -0.39 is 0 Å². The van der Waals surface area contributed by atoms with E-state index >= 15 is 0 Å². The van der Waals surface area contributed by atoms with Crippen molar-refractivity contribution in [2.24, 2.45) is 0 Å². The van der Waals surface area contributed by atoms with Crippen LogP contribution in [-0.2, 0) is 6.61 Å². The largest absolute Gasteiger partial charge is 0.508 e. The Labute approximate surface area is 128 Å². The summed E-state index contributed by atoms with van der Waals surface area (Å²) in [5.74, 6) is 0.262. The van der Waals surface area contributed by atoms with Crippen molar-refractivity contribution >= 4 is 32.3 Å². The van der Waals surface area contributed by atoms with Gasteiger partial charge in [0, 0.05) is 0 Å². The fourth-order valence-electron chi connectivity index (χ4n) is 3.49. The lowest BCUT2D eigenvalue weighted by Gasteiger charge is -2.15. The van der Waals surface area contributed by atoms with Crippen molar-refractivity contribution in [1.29, 1.82) is 0 Å². The number of benzene rings is 4. The lowest BCUT2D eigenvalue weighted by Crippen LogP contribution is -1.93. The summed E-state index contributed by atoms with van der Waals surface area (Å²) in [6, 6.07) is 17.7. The van der Waals surface area contributed by atoms with E-state index in [-0.39, 0.29) is 12.4 Å². The van der Waals surface area contributed by atoms with Crippen LogP contribution < -0.4 is 0 Å². The smallest absolute Gasteiger partial charge is 0.116 e. The van der Waals surface area contributed by atoms with Crippen LogP contribution in [0, 0.1) is 6.92 Å². The highest BCUT2D eigenvalue weighted by Crippen LogP contribution is 2.37. The third-order valence-corrected chi connectivity index (χ3v) is 4.52. The van der Waals surface area contributed by atoms with Gasteiger partial charge in [-0.05, 0) is 62.5 Å². The highest BCUT2D eigenvalue weighted by molar-refractivity contribution is 6.16. The van der Waals surface area contributed by atoms with Crippen LogP contribution in [0.2, 0.25) is 0 Å². The average molecular weight is 288 g/mol. The number of phenols is 1. The molecule has 2 nitrogen and oxygen atoms in total. The average Bonchev–Trinajstić information content (AvgIpc) is 2.55. The fourth-order valence-corrected chi connectivity index (χ4v) is 3.49. The normalized spacial score (nSPS) is 11.5. The first-order chi connectivity index (χ1) is 10.7. The molecule has 0 aliphatic heterocycles. The first kappa shape index (κ1) is 13.1. The number of hydrogen-bond acceptors (Lipinski definition) is 2. The number of fused-ring (bicyclic) bond motifs is 4. The van der Waals surface area contributed by atoms with Gasteiger partial charge in [-0.1, -0.05) is 42.5 Å². The molecule has 0 heterocycles. The SMILES string of the molecule is Cc1c2ccccc2c(CO)c2ccc3ccc(O)cc3c12. The number of aromatic hydroxyl groups is 1. The molecule has 0 fully saturated rings. The third kappa shape index (κ3) is 1.71. The molecule has 0 radical (unpaired) electrons. The van der Waals surface area contributed by atoms with Crippen molar-refractivity contribution in [3.8, 4) is 5.75 Å². The number of phenolic OH excluding ortho intramolecular Hbond substituents is 1. The maximum absolute atomic E-state index is 9.90. The van der Waals surface area contributed by atoms with Gasteiger partial charge in [-0.2, -0.15) is 0 Å². The second kappa shape index (κ2) is 4.72. The van der Waals surface area contributed by atoms with Crippen molar-refractivity contribution in [1.82, 2.24) is 0 Å². The molecule has 0 aliphatic rings. The van der Waals surface area contributed by atoms with Crippen LogP contribution in [0.3, 0.4) is 0 Å². The monoisotopic (exact) mass is 288 g/mol. The van der Waals surface area contributed by atoms with Crippen molar-refractivity contribution in [3.63, 3.8) is 0 Å². The molecule has 0 aliphatic carbocycles. The minimum Gasteiger partial charge on any atom is -0.508 e. The van der Waals surface area contributed by atoms with E-state index in [1.54, 1.807) is 12.1 Å². The predicted molar refractivity (Wildman–Crippen MR) is 91.3 cm³/mol. The molecular weight excluding hydrogens is 272 g/mol. The van der Waals surface area contributed by atoms with Gasteiger partial charge in [0.05, 0.1) is 6.61 Å². The standard InChI is InChI=1S/C20H16O2/c1-12-15-4-2-3-5-16(15)19(11-21)17-9-7-13-6-8-14(22)10-18(13)20(12)17/h2-10,21-22H,11H2,1H3. The zero-order valence-corrected chi connectivity index (χ0v) is 12.3. The fraction of sp³-hybridized carbons (Fsp3) is 0.100. The van der Waals surface area contributed by atoms with Gasteiger partial charge in [0.1, 0.15) is 5.75 Å². The Bertz CT molecular complexity index is 1030. The molecule has 0 bridgehead atoms. The van der Waals surface area contributed by atoms with Gasteiger partial charge >= 0.3 is 0 Å². The number of rotatable bonds is 1.